The lowest BCUT2D eigenvalue weighted by Crippen LogP contribution is -2.09. The number of methoxy groups -OCH3 is 1. The minimum absolute atomic E-state index is 0.384. The van der Waals surface area contributed by atoms with Crippen LogP contribution in [0.15, 0.2) is 42.9 Å². The van der Waals surface area contributed by atoms with E-state index >= 15 is 0 Å². The summed E-state index contributed by atoms with van der Waals surface area (Å²) < 4.78 is 4.73. The van der Waals surface area contributed by atoms with Crippen LogP contribution < -0.4 is 4.90 Å². The summed E-state index contributed by atoms with van der Waals surface area (Å²) in [4.78, 5) is 28.4. The fraction of sp³-hybridized carbons (Fsp3) is 0.118. The highest BCUT2D eigenvalue weighted by Crippen LogP contribution is 2.27. The maximum Gasteiger partial charge on any atom is 0.354 e. The summed E-state index contributed by atoms with van der Waals surface area (Å²) in [7, 11) is 3.30. The Kier molecular flexibility index (Phi) is 3.19. The van der Waals surface area contributed by atoms with Crippen LogP contribution in [0.2, 0.25) is 0 Å². The molecule has 0 saturated carbocycles. The van der Waals surface area contributed by atoms with Crippen molar-refractivity contribution in [2.45, 2.75) is 0 Å². The Balaban J connectivity index is 1.73. The highest BCUT2D eigenvalue weighted by Gasteiger charge is 2.12. The number of carbonyl (C=O) groups is 1. The molecule has 0 fully saturated rings. The number of aromatic amines is 2. The van der Waals surface area contributed by atoms with Crippen molar-refractivity contribution in [3.8, 4) is 0 Å². The van der Waals surface area contributed by atoms with Gasteiger partial charge in [0.15, 0.2) is 0 Å². The zero-order valence-electron chi connectivity index (χ0n) is 13.2. The van der Waals surface area contributed by atoms with Crippen LogP contribution in [0, 0.1) is 0 Å². The number of hydrogen-bond donors (Lipinski definition) is 2. The molecule has 0 radical (unpaired) electrons. The molecule has 4 aromatic heterocycles. The molecule has 0 unspecified atom stereocenters. The molecule has 24 heavy (non-hydrogen) atoms. The largest absolute Gasteiger partial charge is 0.464 e. The first kappa shape index (κ1) is 14.3. The first-order valence-corrected chi connectivity index (χ1v) is 7.39. The average Bonchev–Trinajstić information content (AvgIpc) is 3.25. The molecule has 4 rings (SSSR count). The summed E-state index contributed by atoms with van der Waals surface area (Å²) in [5.41, 5.74) is 3.73. The Morgan fingerprint density at radius 1 is 1.08 bits per heavy atom. The molecule has 0 aliphatic rings. The summed E-state index contributed by atoms with van der Waals surface area (Å²) in [5.74, 6) is -0.412. The van der Waals surface area contributed by atoms with E-state index in [1.54, 1.807) is 18.5 Å². The van der Waals surface area contributed by atoms with Gasteiger partial charge < -0.3 is 19.6 Å². The van der Waals surface area contributed by atoms with Crippen LogP contribution in [-0.2, 0) is 4.74 Å². The second-order valence-corrected chi connectivity index (χ2v) is 5.47. The van der Waals surface area contributed by atoms with Crippen LogP contribution in [0.3, 0.4) is 0 Å². The van der Waals surface area contributed by atoms with E-state index in [1.807, 2.05) is 30.3 Å². The number of carbonyl (C=O) groups excluding carboxylic acids is 1. The van der Waals surface area contributed by atoms with E-state index in [0.717, 1.165) is 27.8 Å². The Hall–Kier alpha value is -3.35. The average molecular weight is 321 g/mol. The maximum absolute atomic E-state index is 11.6. The highest BCUT2D eigenvalue weighted by atomic mass is 16.5. The predicted molar refractivity (Wildman–Crippen MR) is 91.6 cm³/mol. The number of pyridine rings is 2. The summed E-state index contributed by atoms with van der Waals surface area (Å²) in [6.45, 7) is 0. The molecule has 4 aromatic rings. The van der Waals surface area contributed by atoms with E-state index in [0.29, 0.717) is 11.3 Å². The molecule has 0 aliphatic heterocycles. The SMILES string of the molecule is COC(=O)c1cc2cc(N(C)c3cnc4[nH]ccc4c3)cnc2[nH]1. The van der Waals surface area contributed by atoms with Gasteiger partial charge in [-0.3, -0.25) is 0 Å². The van der Waals surface area contributed by atoms with Crippen LogP contribution in [-0.4, -0.2) is 40.1 Å². The molecule has 120 valence electrons. The van der Waals surface area contributed by atoms with Crippen LogP contribution in [0.4, 0.5) is 11.4 Å². The number of nitrogens with one attached hydrogen (secondary N) is 2. The van der Waals surface area contributed by atoms with Gasteiger partial charge in [0.05, 0.1) is 30.9 Å². The van der Waals surface area contributed by atoms with Crippen molar-refractivity contribution >= 4 is 39.4 Å². The molecular formula is C17H15N5O2. The van der Waals surface area contributed by atoms with Gasteiger partial charge in [-0.1, -0.05) is 0 Å². The molecule has 0 bridgehead atoms. The molecule has 7 nitrogen and oxygen atoms in total. The molecular weight excluding hydrogens is 306 g/mol. The molecule has 0 saturated heterocycles. The van der Waals surface area contributed by atoms with Crippen LogP contribution in [0.1, 0.15) is 10.5 Å². The molecule has 0 aromatic carbocycles. The summed E-state index contributed by atoms with van der Waals surface area (Å²) in [5, 5.41) is 1.89. The molecule has 0 spiro atoms. The lowest BCUT2D eigenvalue weighted by atomic mass is 10.2. The van der Waals surface area contributed by atoms with E-state index < -0.39 is 5.97 Å². The lowest BCUT2D eigenvalue weighted by Gasteiger charge is -2.18. The molecule has 0 amide bonds. The third-order valence-corrected chi connectivity index (χ3v) is 4.02. The van der Waals surface area contributed by atoms with E-state index in [4.69, 9.17) is 4.74 Å². The number of aromatic nitrogens is 4. The van der Waals surface area contributed by atoms with Gasteiger partial charge in [0, 0.05) is 24.0 Å². The quantitative estimate of drug-likeness (QED) is 0.566. The number of anilines is 2. The monoisotopic (exact) mass is 321 g/mol. The Labute approximate surface area is 137 Å². The van der Waals surface area contributed by atoms with Crippen molar-refractivity contribution in [2.75, 3.05) is 19.1 Å². The number of nitrogens with zero attached hydrogens (tertiary/aromatic N) is 3. The third kappa shape index (κ3) is 2.26. The highest BCUT2D eigenvalue weighted by molar-refractivity contribution is 5.94. The van der Waals surface area contributed by atoms with Crippen molar-refractivity contribution in [1.29, 1.82) is 0 Å². The Morgan fingerprint density at radius 2 is 1.79 bits per heavy atom. The molecule has 0 aliphatic carbocycles. The minimum atomic E-state index is -0.412. The zero-order chi connectivity index (χ0) is 16.7. The normalized spacial score (nSPS) is 11.1. The first-order valence-electron chi connectivity index (χ1n) is 7.39. The smallest absolute Gasteiger partial charge is 0.354 e. The molecule has 4 heterocycles. The van der Waals surface area contributed by atoms with Gasteiger partial charge in [-0.2, -0.15) is 0 Å². The van der Waals surface area contributed by atoms with E-state index in [1.165, 1.54) is 7.11 Å². The zero-order valence-corrected chi connectivity index (χ0v) is 13.2. The van der Waals surface area contributed by atoms with Crippen molar-refractivity contribution in [1.82, 2.24) is 19.9 Å². The van der Waals surface area contributed by atoms with Crippen molar-refractivity contribution < 1.29 is 9.53 Å². The molecule has 2 N–H and O–H groups in total. The van der Waals surface area contributed by atoms with Crippen LogP contribution in [0.5, 0.6) is 0 Å². The Morgan fingerprint density at radius 3 is 2.54 bits per heavy atom. The van der Waals surface area contributed by atoms with Crippen molar-refractivity contribution in [3.05, 3.63) is 48.5 Å². The van der Waals surface area contributed by atoms with Gasteiger partial charge in [-0.15, -0.1) is 0 Å². The number of ether oxygens (including phenoxy) is 1. The topological polar surface area (TPSA) is 86.9 Å². The number of H-pyrrole nitrogens is 2. The van der Waals surface area contributed by atoms with Crippen LogP contribution >= 0.6 is 0 Å². The van der Waals surface area contributed by atoms with Gasteiger partial charge >= 0.3 is 5.97 Å². The molecule has 0 atom stereocenters. The Bertz CT molecular complexity index is 1050. The summed E-state index contributed by atoms with van der Waals surface area (Å²) in [6.07, 6.45) is 5.42. The van der Waals surface area contributed by atoms with Gasteiger partial charge in [0.25, 0.3) is 0 Å². The fourth-order valence-electron chi connectivity index (χ4n) is 2.67. The maximum atomic E-state index is 11.6. The van der Waals surface area contributed by atoms with E-state index in [-0.39, 0.29) is 0 Å². The first-order chi connectivity index (χ1) is 11.7. The number of esters is 1. The molecule has 7 heteroatoms. The van der Waals surface area contributed by atoms with Gasteiger partial charge in [-0.25, -0.2) is 14.8 Å². The van der Waals surface area contributed by atoms with E-state index in [9.17, 15) is 4.79 Å². The standard InChI is InChI=1S/C17H15N5O2/c1-22(12-5-10-3-4-18-15(10)19-8-12)13-6-11-7-14(17(23)24-2)21-16(11)20-9-13/h3-9H,1-2H3,(H,18,19)(H,20,21). The van der Waals surface area contributed by atoms with E-state index in [2.05, 4.69) is 26.0 Å². The fourth-order valence-corrected chi connectivity index (χ4v) is 2.67. The lowest BCUT2D eigenvalue weighted by molar-refractivity contribution is 0.0595. The second-order valence-electron chi connectivity index (χ2n) is 5.47. The van der Waals surface area contributed by atoms with Crippen molar-refractivity contribution in [2.24, 2.45) is 0 Å². The van der Waals surface area contributed by atoms with Gasteiger partial charge in [0.2, 0.25) is 0 Å². The number of fused-ring (bicyclic) bond motifs is 2. The summed E-state index contributed by atoms with van der Waals surface area (Å²) >= 11 is 0. The van der Waals surface area contributed by atoms with Crippen LogP contribution in [0.25, 0.3) is 22.1 Å². The predicted octanol–water partition coefficient (Wildman–Crippen LogP) is 2.99. The number of hydrogen-bond acceptors (Lipinski definition) is 5. The van der Waals surface area contributed by atoms with Gasteiger partial charge in [-0.05, 0) is 24.3 Å². The van der Waals surface area contributed by atoms with Gasteiger partial charge in [0.1, 0.15) is 17.0 Å². The second kappa shape index (κ2) is 5.38. The van der Waals surface area contributed by atoms with Crippen molar-refractivity contribution in [3.63, 3.8) is 0 Å². The third-order valence-electron chi connectivity index (χ3n) is 4.02. The number of rotatable bonds is 3. The minimum Gasteiger partial charge on any atom is -0.464 e. The summed E-state index contributed by atoms with van der Waals surface area (Å²) in [6, 6.07) is 7.74.